The molecule has 2 aromatic rings. The van der Waals surface area contributed by atoms with Gasteiger partial charge in [-0.3, -0.25) is 0 Å². The summed E-state index contributed by atoms with van der Waals surface area (Å²) in [5, 5.41) is 1.07. The third kappa shape index (κ3) is 2.31. The van der Waals surface area contributed by atoms with E-state index in [1.54, 1.807) is 6.07 Å². The summed E-state index contributed by atoms with van der Waals surface area (Å²) in [6, 6.07) is 5.54. The highest BCUT2D eigenvalue weighted by molar-refractivity contribution is 5.95. The molecule has 0 saturated carbocycles. The Kier molecular flexibility index (Phi) is 3.15. The van der Waals surface area contributed by atoms with Gasteiger partial charge in [0.05, 0.1) is 12.7 Å². The number of aromatic amines is 1. The number of nitrogens with one attached hydrogen (secondary N) is 1. The van der Waals surface area contributed by atoms with Crippen LogP contribution in [0.5, 0.6) is 0 Å². The number of nitrogens with zero attached hydrogens (tertiary/aromatic N) is 1. The average Bonchev–Trinajstić information content (AvgIpc) is 2.70. The molecule has 1 aromatic heterocycles. The van der Waals surface area contributed by atoms with E-state index in [0.29, 0.717) is 5.56 Å². The maximum absolute atomic E-state index is 11.5. The van der Waals surface area contributed by atoms with Crippen molar-refractivity contribution in [2.75, 3.05) is 21.2 Å². The third-order valence-corrected chi connectivity index (χ3v) is 2.68. The van der Waals surface area contributed by atoms with Crippen LogP contribution in [0, 0.1) is 0 Å². The van der Waals surface area contributed by atoms with E-state index in [0.717, 1.165) is 17.4 Å². The molecule has 1 aromatic carbocycles. The lowest BCUT2D eigenvalue weighted by Crippen LogP contribution is -2.10. The van der Waals surface area contributed by atoms with Gasteiger partial charge in [-0.15, -0.1) is 0 Å². The number of rotatable bonds is 3. The number of ether oxygens (including phenoxy) is 1. The first-order valence-corrected chi connectivity index (χ1v) is 5.45. The second-order valence-corrected chi connectivity index (χ2v) is 4.30. The van der Waals surface area contributed by atoms with Crippen molar-refractivity contribution < 1.29 is 9.53 Å². The van der Waals surface area contributed by atoms with Gasteiger partial charge in [-0.25, -0.2) is 4.79 Å². The molecule has 1 N–H and O–H groups in total. The quantitative estimate of drug-likeness (QED) is 0.823. The minimum atomic E-state index is -0.302. The van der Waals surface area contributed by atoms with Gasteiger partial charge >= 0.3 is 5.97 Å². The summed E-state index contributed by atoms with van der Waals surface area (Å²) >= 11 is 0. The van der Waals surface area contributed by atoms with Crippen LogP contribution in [0.2, 0.25) is 0 Å². The SMILES string of the molecule is COC(=O)c1ccc2[nH]cc(CN(C)C)c2c1. The van der Waals surface area contributed by atoms with Crippen LogP contribution in [-0.2, 0) is 11.3 Å². The maximum atomic E-state index is 11.5. The summed E-state index contributed by atoms with van der Waals surface area (Å²) in [5.41, 5.74) is 2.80. The van der Waals surface area contributed by atoms with Crippen LogP contribution >= 0.6 is 0 Å². The predicted molar refractivity (Wildman–Crippen MR) is 67.0 cm³/mol. The van der Waals surface area contributed by atoms with Crippen molar-refractivity contribution in [2.24, 2.45) is 0 Å². The van der Waals surface area contributed by atoms with E-state index < -0.39 is 0 Å². The van der Waals surface area contributed by atoms with Crippen LogP contribution in [0.3, 0.4) is 0 Å². The largest absolute Gasteiger partial charge is 0.465 e. The molecule has 0 saturated heterocycles. The molecule has 90 valence electrons. The highest BCUT2D eigenvalue weighted by Crippen LogP contribution is 2.21. The Hall–Kier alpha value is -1.81. The monoisotopic (exact) mass is 232 g/mol. The fraction of sp³-hybridized carbons (Fsp3) is 0.308. The molecule has 1 heterocycles. The van der Waals surface area contributed by atoms with Crippen LogP contribution in [0.4, 0.5) is 0 Å². The van der Waals surface area contributed by atoms with Gasteiger partial charge < -0.3 is 14.6 Å². The summed E-state index contributed by atoms with van der Waals surface area (Å²) in [4.78, 5) is 16.8. The lowest BCUT2D eigenvalue weighted by Gasteiger charge is -2.08. The number of carbonyl (C=O) groups is 1. The molecule has 17 heavy (non-hydrogen) atoms. The molecule has 0 aliphatic heterocycles. The van der Waals surface area contributed by atoms with E-state index in [9.17, 15) is 4.79 Å². The van der Waals surface area contributed by atoms with E-state index in [4.69, 9.17) is 4.74 Å². The third-order valence-electron chi connectivity index (χ3n) is 2.68. The van der Waals surface area contributed by atoms with Crippen LogP contribution in [0.15, 0.2) is 24.4 Å². The zero-order valence-electron chi connectivity index (χ0n) is 10.3. The van der Waals surface area contributed by atoms with E-state index >= 15 is 0 Å². The molecule has 0 spiro atoms. The van der Waals surface area contributed by atoms with Crippen LogP contribution < -0.4 is 0 Å². The molecular weight excluding hydrogens is 216 g/mol. The van der Waals surface area contributed by atoms with Gasteiger partial charge in [0, 0.05) is 23.6 Å². The maximum Gasteiger partial charge on any atom is 0.337 e. The van der Waals surface area contributed by atoms with Gasteiger partial charge in [0.25, 0.3) is 0 Å². The van der Waals surface area contributed by atoms with Gasteiger partial charge in [-0.05, 0) is 37.9 Å². The first kappa shape index (κ1) is 11.7. The fourth-order valence-electron chi connectivity index (χ4n) is 1.89. The van der Waals surface area contributed by atoms with E-state index in [2.05, 4.69) is 9.88 Å². The molecule has 0 radical (unpaired) electrons. The molecule has 0 bridgehead atoms. The molecule has 4 nitrogen and oxygen atoms in total. The summed E-state index contributed by atoms with van der Waals surface area (Å²) in [6.45, 7) is 0.838. The number of esters is 1. The van der Waals surface area contributed by atoms with Crippen molar-refractivity contribution in [3.05, 3.63) is 35.5 Å². The highest BCUT2D eigenvalue weighted by Gasteiger charge is 2.09. The standard InChI is InChI=1S/C13H16N2O2/c1-15(2)8-10-7-14-12-5-4-9(6-11(10)12)13(16)17-3/h4-7,14H,8H2,1-3H3. The second-order valence-electron chi connectivity index (χ2n) is 4.30. The number of aromatic nitrogens is 1. The van der Waals surface area contributed by atoms with Crippen molar-refractivity contribution in [3.63, 3.8) is 0 Å². The second kappa shape index (κ2) is 4.59. The average molecular weight is 232 g/mol. The van der Waals surface area contributed by atoms with Crippen molar-refractivity contribution in [2.45, 2.75) is 6.54 Å². The van der Waals surface area contributed by atoms with Crippen molar-refractivity contribution >= 4 is 16.9 Å². The molecule has 2 rings (SSSR count). The van der Waals surface area contributed by atoms with Crippen LogP contribution in [0.1, 0.15) is 15.9 Å². The Morgan fingerprint density at radius 3 is 2.82 bits per heavy atom. The molecule has 0 aliphatic carbocycles. The normalized spacial score (nSPS) is 11.1. The summed E-state index contributed by atoms with van der Waals surface area (Å²) in [6.07, 6.45) is 1.98. The molecule has 4 heteroatoms. The molecule has 0 aliphatic rings. The highest BCUT2D eigenvalue weighted by atomic mass is 16.5. The summed E-state index contributed by atoms with van der Waals surface area (Å²) < 4.78 is 4.72. The van der Waals surface area contributed by atoms with Crippen molar-refractivity contribution in [1.82, 2.24) is 9.88 Å². The smallest absolute Gasteiger partial charge is 0.337 e. The van der Waals surface area contributed by atoms with E-state index in [1.165, 1.54) is 12.7 Å². The number of methoxy groups -OCH3 is 1. The number of H-pyrrole nitrogens is 1. The first-order chi connectivity index (χ1) is 8.11. The number of fused-ring (bicyclic) bond motifs is 1. The summed E-state index contributed by atoms with van der Waals surface area (Å²) in [7, 11) is 5.43. The summed E-state index contributed by atoms with van der Waals surface area (Å²) in [5.74, 6) is -0.302. The van der Waals surface area contributed by atoms with Crippen molar-refractivity contribution in [3.8, 4) is 0 Å². The molecule has 0 atom stereocenters. The minimum Gasteiger partial charge on any atom is -0.465 e. The Morgan fingerprint density at radius 1 is 1.41 bits per heavy atom. The number of hydrogen-bond donors (Lipinski definition) is 1. The number of benzene rings is 1. The molecule has 0 fully saturated rings. The molecule has 0 unspecified atom stereocenters. The van der Waals surface area contributed by atoms with Crippen LogP contribution in [0.25, 0.3) is 10.9 Å². The lowest BCUT2D eigenvalue weighted by atomic mass is 10.1. The zero-order chi connectivity index (χ0) is 12.4. The Bertz CT molecular complexity index is 543. The van der Waals surface area contributed by atoms with Gasteiger partial charge in [0.15, 0.2) is 0 Å². The fourth-order valence-corrected chi connectivity index (χ4v) is 1.89. The minimum absolute atomic E-state index is 0.302. The Labute approximate surface area is 100 Å². The predicted octanol–water partition coefficient (Wildman–Crippen LogP) is 2.02. The molecular formula is C13H16N2O2. The van der Waals surface area contributed by atoms with Gasteiger partial charge in [-0.2, -0.15) is 0 Å². The topological polar surface area (TPSA) is 45.3 Å². The number of carbonyl (C=O) groups excluding carboxylic acids is 1. The van der Waals surface area contributed by atoms with E-state index in [-0.39, 0.29) is 5.97 Å². The van der Waals surface area contributed by atoms with Gasteiger partial charge in [0.1, 0.15) is 0 Å². The lowest BCUT2D eigenvalue weighted by molar-refractivity contribution is 0.0601. The van der Waals surface area contributed by atoms with E-state index in [1.807, 2.05) is 32.4 Å². The molecule has 0 amide bonds. The zero-order valence-corrected chi connectivity index (χ0v) is 10.3. The van der Waals surface area contributed by atoms with Crippen molar-refractivity contribution in [1.29, 1.82) is 0 Å². The van der Waals surface area contributed by atoms with Gasteiger partial charge in [-0.1, -0.05) is 0 Å². The van der Waals surface area contributed by atoms with Gasteiger partial charge in [0.2, 0.25) is 0 Å². The first-order valence-electron chi connectivity index (χ1n) is 5.45. The number of hydrogen-bond acceptors (Lipinski definition) is 3. The van der Waals surface area contributed by atoms with Crippen LogP contribution in [-0.4, -0.2) is 37.1 Å². The Balaban J connectivity index is 2.46. The Morgan fingerprint density at radius 2 is 2.18 bits per heavy atom.